The summed E-state index contributed by atoms with van der Waals surface area (Å²) in [6, 6.07) is 18.1. The number of halogens is 1. The minimum absolute atomic E-state index is 0. The lowest BCUT2D eigenvalue weighted by Crippen LogP contribution is -2.37. The fourth-order valence-corrected chi connectivity index (χ4v) is 4.09. The molecule has 24 heavy (non-hydrogen) atoms. The average molecular weight is 344 g/mol. The van der Waals surface area contributed by atoms with Gasteiger partial charge in [0.1, 0.15) is 0 Å². The minimum Gasteiger partial charge on any atom is -0.379 e. The van der Waals surface area contributed by atoms with Crippen molar-refractivity contribution in [3.63, 3.8) is 0 Å². The van der Waals surface area contributed by atoms with Gasteiger partial charge >= 0.3 is 0 Å². The Hall–Kier alpha value is -1.35. The predicted octanol–water partition coefficient (Wildman–Crippen LogP) is 4.06. The average Bonchev–Trinajstić information content (AvgIpc) is 2.78. The number of hydrogen-bond donors (Lipinski definition) is 0. The topological polar surface area (TPSA) is 12.5 Å². The molecule has 1 heterocycles. The Morgan fingerprint density at radius 1 is 0.833 bits per heavy atom. The second kappa shape index (κ2) is 8.15. The first kappa shape index (κ1) is 17.5. The van der Waals surface area contributed by atoms with Crippen molar-refractivity contribution in [3.05, 3.63) is 70.8 Å². The second-order valence-electron chi connectivity index (χ2n) is 6.69. The largest absolute Gasteiger partial charge is 0.379 e. The van der Waals surface area contributed by atoms with Gasteiger partial charge in [0.25, 0.3) is 0 Å². The van der Waals surface area contributed by atoms with Crippen molar-refractivity contribution in [3.8, 4) is 0 Å². The highest BCUT2D eigenvalue weighted by atomic mass is 35.5. The number of fused-ring (bicyclic) bond motifs is 2. The highest BCUT2D eigenvalue weighted by Crippen LogP contribution is 2.36. The van der Waals surface area contributed by atoms with Gasteiger partial charge in [0, 0.05) is 19.0 Å². The standard InChI is InChI=1S/C21H25NO.ClH/c1-3-7-19-17(5-1)9-10-18-6-2-4-8-20(18)21(19)11-12-22-13-15-23-16-14-22;/h1-8,21H,9-16H2;1H. The van der Waals surface area contributed by atoms with E-state index in [2.05, 4.69) is 53.4 Å². The SMILES string of the molecule is Cl.c1ccc2c(c1)CCc1ccccc1C2CCN1CCOCC1. The number of morpholine rings is 1. The van der Waals surface area contributed by atoms with Gasteiger partial charge in [0.05, 0.1) is 13.2 Å². The molecule has 0 radical (unpaired) electrons. The van der Waals surface area contributed by atoms with E-state index in [4.69, 9.17) is 4.74 Å². The molecule has 0 N–H and O–H groups in total. The lowest BCUT2D eigenvalue weighted by Gasteiger charge is -2.29. The summed E-state index contributed by atoms with van der Waals surface area (Å²) >= 11 is 0. The van der Waals surface area contributed by atoms with Gasteiger partial charge in [0.15, 0.2) is 0 Å². The van der Waals surface area contributed by atoms with Crippen molar-refractivity contribution in [2.24, 2.45) is 0 Å². The van der Waals surface area contributed by atoms with Crippen molar-refractivity contribution >= 4 is 12.4 Å². The van der Waals surface area contributed by atoms with Gasteiger partial charge < -0.3 is 4.74 Å². The van der Waals surface area contributed by atoms with Gasteiger partial charge in [-0.1, -0.05) is 48.5 Å². The molecule has 128 valence electrons. The molecule has 1 aliphatic heterocycles. The number of rotatable bonds is 3. The summed E-state index contributed by atoms with van der Waals surface area (Å²) in [4.78, 5) is 2.56. The molecule has 4 rings (SSSR count). The molecule has 0 bridgehead atoms. The van der Waals surface area contributed by atoms with Crippen LogP contribution < -0.4 is 0 Å². The Kier molecular flexibility index (Phi) is 5.94. The predicted molar refractivity (Wildman–Crippen MR) is 101 cm³/mol. The van der Waals surface area contributed by atoms with Crippen LogP contribution in [0, 0.1) is 0 Å². The third-order valence-electron chi connectivity index (χ3n) is 5.36. The normalized spacial score (nSPS) is 18.2. The third-order valence-corrected chi connectivity index (χ3v) is 5.36. The molecular formula is C21H26ClNO. The molecule has 2 aromatic rings. The molecule has 1 fully saturated rings. The van der Waals surface area contributed by atoms with E-state index in [-0.39, 0.29) is 12.4 Å². The Balaban J connectivity index is 0.00000169. The van der Waals surface area contributed by atoms with Crippen molar-refractivity contribution < 1.29 is 4.74 Å². The Bertz CT molecular complexity index is 619. The van der Waals surface area contributed by atoms with E-state index in [0.29, 0.717) is 5.92 Å². The maximum atomic E-state index is 5.48. The maximum Gasteiger partial charge on any atom is 0.0594 e. The molecule has 1 saturated heterocycles. The first-order valence-electron chi connectivity index (χ1n) is 8.87. The van der Waals surface area contributed by atoms with Crippen molar-refractivity contribution in [1.82, 2.24) is 4.90 Å². The zero-order chi connectivity index (χ0) is 15.5. The molecule has 3 heteroatoms. The van der Waals surface area contributed by atoms with E-state index < -0.39 is 0 Å². The third kappa shape index (κ3) is 3.66. The molecule has 0 spiro atoms. The summed E-state index contributed by atoms with van der Waals surface area (Å²) < 4.78 is 5.48. The van der Waals surface area contributed by atoms with Crippen LogP contribution in [0.4, 0.5) is 0 Å². The number of ether oxygens (including phenoxy) is 1. The number of benzene rings is 2. The van der Waals surface area contributed by atoms with Crippen LogP contribution in [0.15, 0.2) is 48.5 Å². The molecule has 0 saturated carbocycles. The van der Waals surface area contributed by atoms with E-state index in [1.165, 1.54) is 30.4 Å². The van der Waals surface area contributed by atoms with E-state index >= 15 is 0 Å². The van der Waals surface area contributed by atoms with Gasteiger partial charge in [-0.2, -0.15) is 0 Å². The Labute approximate surface area is 151 Å². The fourth-order valence-electron chi connectivity index (χ4n) is 4.09. The van der Waals surface area contributed by atoms with E-state index in [9.17, 15) is 0 Å². The van der Waals surface area contributed by atoms with Crippen molar-refractivity contribution in [2.45, 2.75) is 25.2 Å². The second-order valence-corrected chi connectivity index (χ2v) is 6.69. The van der Waals surface area contributed by atoms with Gasteiger partial charge in [-0.15, -0.1) is 12.4 Å². The van der Waals surface area contributed by atoms with Crippen LogP contribution in [0.1, 0.15) is 34.6 Å². The van der Waals surface area contributed by atoms with Crippen molar-refractivity contribution in [2.75, 3.05) is 32.8 Å². The van der Waals surface area contributed by atoms with Gasteiger partial charge in [-0.05, 0) is 48.1 Å². The summed E-state index contributed by atoms with van der Waals surface area (Å²) in [6.07, 6.45) is 3.54. The summed E-state index contributed by atoms with van der Waals surface area (Å²) in [6.45, 7) is 5.10. The lowest BCUT2D eigenvalue weighted by atomic mass is 9.85. The van der Waals surface area contributed by atoms with Crippen LogP contribution in [-0.2, 0) is 17.6 Å². The molecule has 1 aliphatic carbocycles. The number of aryl methyl sites for hydroxylation is 2. The molecular weight excluding hydrogens is 318 g/mol. The molecule has 0 unspecified atom stereocenters. The van der Waals surface area contributed by atoms with Gasteiger partial charge in [-0.25, -0.2) is 0 Å². The quantitative estimate of drug-likeness (QED) is 0.833. The smallest absolute Gasteiger partial charge is 0.0594 e. The summed E-state index contributed by atoms with van der Waals surface area (Å²) in [7, 11) is 0. The zero-order valence-corrected chi connectivity index (χ0v) is 14.9. The van der Waals surface area contributed by atoms with Gasteiger partial charge in [-0.3, -0.25) is 4.90 Å². The van der Waals surface area contributed by atoms with Crippen LogP contribution in [0.3, 0.4) is 0 Å². The van der Waals surface area contributed by atoms with Crippen LogP contribution in [0.5, 0.6) is 0 Å². The number of nitrogens with zero attached hydrogens (tertiary/aromatic N) is 1. The van der Waals surface area contributed by atoms with Crippen LogP contribution in [-0.4, -0.2) is 37.7 Å². The molecule has 0 amide bonds. The van der Waals surface area contributed by atoms with E-state index in [1.54, 1.807) is 11.1 Å². The van der Waals surface area contributed by atoms with Crippen molar-refractivity contribution in [1.29, 1.82) is 0 Å². The molecule has 0 atom stereocenters. The molecule has 0 aromatic heterocycles. The maximum absolute atomic E-state index is 5.48. The van der Waals surface area contributed by atoms with Crippen LogP contribution in [0.2, 0.25) is 0 Å². The monoisotopic (exact) mass is 343 g/mol. The first-order valence-corrected chi connectivity index (χ1v) is 8.87. The summed E-state index contributed by atoms with van der Waals surface area (Å²) in [5, 5.41) is 0. The summed E-state index contributed by atoms with van der Waals surface area (Å²) in [5.41, 5.74) is 6.17. The first-order chi connectivity index (χ1) is 11.4. The molecule has 2 nitrogen and oxygen atoms in total. The Morgan fingerprint density at radius 3 is 1.96 bits per heavy atom. The molecule has 2 aromatic carbocycles. The minimum atomic E-state index is 0. The van der Waals surface area contributed by atoms with Crippen LogP contribution >= 0.6 is 12.4 Å². The lowest BCUT2D eigenvalue weighted by molar-refractivity contribution is 0.0369. The summed E-state index contributed by atoms with van der Waals surface area (Å²) in [5.74, 6) is 0.535. The zero-order valence-electron chi connectivity index (χ0n) is 14.1. The highest BCUT2D eigenvalue weighted by Gasteiger charge is 2.24. The van der Waals surface area contributed by atoms with E-state index in [1.807, 2.05) is 0 Å². The highest BCUT2D eigenvalue weighted by molar-refractivity contribution is 5.85. The fraction of sp³-hybridized carbons (Fsp3) is 0.429. The van der Waals surface area contributed by atoms with Crippen LogP contribution in [0.25, 0.3) is 0 Å². The molecule has 2 aliphatic rings. The number of hydrogen-bond acceptors (Lipinski definition) is 2. The van der Waals surface area contributed by atoms with Gasteiger partial charge in [0.2, 0.25) is 0 Å². The van der Waals surface area contributed by atoms with E-state index in [0.717, 1.165) is 32.8 Å². The Morgan fingerprint density at radius 2 is 1.38 bits per heavy atom.